The van der Waals surface area contributed by atoms with Crippen molar-refractivity contribution in [3.8, 4) is 11.8 Å². The molecule has 0 aromatic carbocycles. The van der Waals surface area contributed by atoms with E-state index in [4.69, 9.17) is 9.88 Å². The minimum Gasteiger partial charge on any atom is -0.421 e. The van der Waals surface area contributed by atoms with Gasteiger partial charge in [-0.1, -0.05) is 0 Å². The van der Waals surface area contributed by atoms with Gasteiger partial charge in [-0.25, -0.2) is 23.2 Å². The van der Waals surface area contributed by atoms with Crippen molar-refractivity contribution in [1.29, 1.82) is 0 Å². The highest BCUT2D eigenvalue weighted by atomic mass is 32.2. The Morgan fingerprint density at radius 1 is 1.39 bits per heavy atom. The van der Waals surface area contributed by atoms with Crippen LogP contribution in [0.25, 0.3) is 0 Å². The Morgan fingerprint density at radius 2 is 2.11 bits per heavy atom. The van der Waals surface area contributed by atoms with Crippen molar-refractivity contribution in [3.05, 3.63) is 30.1 Å². The van der Waals surface area contributed by atoms with Gasteiger partial charge in [0, 0.05) is 19.2 Å². The summed E-state index contributed by atoms with van der Waals surface area (Å²) in [5.41, 5.74) is 0.814. The molecule has 2 N–H and O–H groups in total. The van der Waals surface area contributed by atoms with Gasteiger partial charge in [-0.15, -0.1) is 0 Å². The van der Waals surface area contributed by atoms with E-state index >= 15 is 0 Å². The Balaban J connectivity index is 2.24. The summed E-state index contributed by atoms with van der Waals surface area (Å²) in [5, 5.41) is 9.08. The number of nitrogens with zero attached hydrogens (tertiary/aromatic N) is 3. The van der Waals surface area contributed by atoms with Gasteiger partial charge in [0.05, 0.1) is 11.9 Å². The minimum atomic E-state index is -3.73. The lowest BCUT2D eigenvalue weighted by atomic mass is 10.5. The van der Waals surface area contributed by atoms with E-state index < -0.39 is 10.0 Å². The zero-order chi connectivity index (χ0) is 13.3. The summed E-state index contributed by atoms with van der Waals surface area (Å²) < 4.78 is 29.1. The summed E-state index contributed by atoms with van der Waals surface area (Å²) in [5.74, 6) is 0.786. The molecule has 96 valence electrons. The molecule has 0 aliphatic heterocycles. The number of aryl methyl sites for hydroxylation is 2. The van der Waals surface area contributed by atoms with Gasteiger partial charge in [-0.05, 0) is 13.0 Å². The molecule has 18 heavy (non-hydrogen) atoms. The van der Waals surface area contributed by atoms with Crippen molar-refractivity contribution < 1.29 is 13.2 Å². The van der Waals surface area contributed by atoms with Crippen LogP contribution in [0, 0.1) is 6.92 Å². The molecule has 2 aromatic rings. The lowest BCUT2D eigenvalue weighted by Crippen LogP contribution is -2.12. The third-order valence-corrected chi connectivity index (χ3v) is 3.10. The molecule has 0 radical (unpaired) electrons. The Morgan fingerprint density at radius 3 is 2.56 bits per heavy atom. The fourth-order valence-corrected chi connectivity index (χ4v) is 1.84. The van der Waals surface area contributed by atoms with Crippen LogP contribution in [0.4, 0.5) is 0 Å². The first-order valence-electron chi connectivity index (χ1n) is 5.03. The third kappa shape index (κ3) is 2.66. The maximum absolute atomic E-state index is 11.0. The molecule has 7 nitrogen and oxygen atoms in total. The fourth-order valence-electron chi connectivity index (χ4n) is 1.38. The highest BCUT2D eigenvalue weighted by Crippen LogP contribution is 2.20. The molecule has 0 aliphatic rings. The molecule has 0 fully saturated rings. The topological polar surface area (TPSA) is 100 Å². The molecule has 0 saturated heterocycles. The molecule has 2 heterocycles. The predicted molar refractivity (Wildman–Crippen MR) is 63.6 cm³/mol. The van der Waals surface area contributed by atoms with Crippen LogP contribution < -0.4 is 9.88 Å². The van der Waals surface area contributed by atoms with Crippen molar-refractivity contribution in [2.45, 2.75) is 11.8 Å². The number of aromatic nitrogens is 3. The second-order valence-corrected chi connectivity index (χ2v) is 5.29. The lowest BCUT2D eigenvalue weighted by molar-refractivity contribution is 0.415. The Hall–Kier alpha value is -1.93. The van der Waals surface area contributed by atoms with E-state index in [1.54, 1.807) is 17.8 Å². The van der Waals surface area contributed by atoms with Crippen LogP contribution >= 0.6 is 0 Å². The van der Waals surface area contributed by atoms with Gasteiger partial charge in [0.15, 0.2) is 0 Å². The SMILES string of the molecule is Cc1cc(Oc2ccc(S(N)(=O)=O)cn2)n(C)n1. The van der Waals surface area contributed by atoms with Crippen LogP contribution in [-0.4, -0.2) is 23.2 Å². The van der Waals surface area contributed by atoms with E-state index in [1.807, 2.05) is 6.92 Å². The zero-order valence-electron chi connectivity index (χ0n) is 9.86. The monoisotopic (exact) mass is 268 g/mol. The van der Waals surface area contributed by atoms with Crippen molar-refractivity contribution in [2.75, 3.05) is 0 Å². The smallest absolute Gasteiger partial charge is 0.239 e. The van der Waals surface area contributed by atoms with Crippen LogP contribution in [-0.2, 0) is 17.1 Å². The molecule has 0 spiro atoms. The third-order valence-electron chi connectivity index (χ3n) is 2.21. The van der Waals surface area contributed by atoms with Crippen LogP contribution in [0.2, 0.25) is 0 Å². The fraction of sp³-hybridized carbons (Fsp3) is 0.200. The van der Waals surface area contributed by atoms with E-state index in [0.29, 0.717) is 5.88 Å². The van der Waals surface area contributed by atoms with E-state index in [-0.39, 0.29) is 10.8 Å². The maximum Gasteiger partial charge on any atom is 0.239 e. The number of sulfonamides is 1. The summed E-state index contributed by atoms with van der Waals surface area (Å²) in [4.78, 5) is 3.81. The largest absolute Gasteiger partial charge is 0.421 e. The molecule has 2 aromatic heterocycles. The second kappa shape index (κ2) is 4.39. The molecule has 8 heteroatoms. The Labute approximate surface area is 104 Å². The number of primary sulfonamides is 1. The molecule has 0 unspecified atom stereocenters. The van der Waals surface area contributed by atoms with E-state index in [2.05, 4.69) is 10.1 Å². The highest BCUT2D eigenvalue weighted by molar-refractivity contribution is 7.89. The molecule has 0 bridgehead atoms. The average molecular weight is 268 g/mol. The van der Waals surface area contributed by atoms with Crippen LogP contribution in [0.15, 0.2) is 29.3 Å². The molecule has 0 saturated carbocycles. The molecular formula is C10H12N4O3S. The summed E-state index contributed by atoms with van der Waals surface area (Å²) in [7, 11) is -1.99. The van der Waals surface area contributed by atoms with E-state index in [9.17, 15) is 8.42 Å². The van der Waals surface area contributed by atoms with Gasteiger partial charge in [0.1, 0.15) is 4.90 Å². The number of rotatable bonds is 3. The van der Waals surface area contributed by atoms with Gasteiger partial charge < -0.3 is 4.74 Å². The van der Waals surface area contributed by atoms with Crippen LogP contribution in [0.3, 0.4) is 0 Å². The van der Waals surface area contributed by atoms with E-state index in [1.165, 1.54) is 12.1 Å². The lowest BCUT2D eigenvalue weighted by Gasteiger charge is -2.04. The molecule has 0 amide bonds. The van der Waals surface area contributed by atoms with Gasteiger partial charge in [-0.2, -0.15) is 5.10 Å². The molecule has 2 rings (SSSR count). The summed E-state index contributed by atoms with van der Waals surface area (Å²) in [6.45, 7) is 1.84. The number of hydrogen-bond acceptors (Lipinski definition) is 5. The minimum absolute atomic E-state index is 0.0592. The first-order valence-corrected chi connectivity index (χ1v) is 6.58. The van der Waals surface area contributed by atoms with Gasteiger partial charge in [-0.3, -0.25) is 0 Å². The quantitative estimate of drug-likeness (QED) is 0.876. The Bertz CT molecular complexity index is 661. The standard InChI is InChI=1S/C10H12N4O3S/c1-7-5-10(14(2)13-7)17-9-4-3-8(6-12-9)18(11,15)16/h3-6H,1-2H3,(H2,11,15,16). The molecular weight excluding hydrogens is 256 g/mol. The normalized spacial score (nSPS) is 11.5. The number of ether oxygens (including phenoxy) is 1. The van der Waals surface area contributed by atoms with Crippen molar-refractivity contribution in [2.24, 2.45) is 12.2 Å². The van der Waals surface area contributed by atoms with Crippen LogP contribution in [0.1, 0.15) is 5.69 Å². The predicted octanol–water partition coefficient (Wildman–Crippen LogP) is 0.563. The Kier molecular flexibility index (Phi) is 3.05. The number of hydrogen-bond donors (Lipinski definition) is 1. The molecule has 0 aliphatic carbocycles. The van der Waals surface area contributed by atoms with Crippen molar-refractivity contribution in [3.63, 3.8) is 0 Å². The van der Waals surface area contributed by atoms with Crippen molar-refractivity contribution in [1.82, 2.24) is 14.8 Å². The first-order chi connectivity index (χ1) is 8.36. The summed E-state index contributed by atoms with van der Waals surface area (Å²) in [6.07, 6.45) is 1.15. The van der Waals surface area contributed by atoms with Crippen molar-refractivity contribution >= 4 is 10.0 Å². The van der Waals surface area contributed by atoms with E-state index in [0.717, 1.165) is 11.9 Å². The number of pyridine rings is 1. The van der Waals surface area contributed by atoms with Gasteiger partial charge in [0.25, 0.3) is 0 Å². The second-order valence-electron chi connectivity index (χ2n) is 3.73. The maximum atomic E-state index is 11.0. The zero-order valence-corrected chi connectivity index (χ0v) is 10.7. The van der Waals surface area contributed by atoms with Gasteiger partial charge in [0.2, 0.25) is 21.8 Å². The first kappa shape index (κ1) is 12.5. The summed E-state index contributed by atoms with van der Waals surface area (Å²) in [6, 6.07) is 4.51. The van der Waals surface area contributed by atoms with Crippen LogP contribution in [0.5, 0.6) is 11.8 Å². The summed E-state index contributed by atoms with van der Waals surface area (Å²) >= 11 is 0. The average Bonchev–Trinajstić information content (AvgIpc) is 2.57. The highest BCUT2D eigenvalue weighted by Gasteiger charge is 2.10. The number of nitrogens with two attached hydrogens (primary N) is 1. The van der Waals surface area contributed by atoms with Gasteiger partial charge >= 0.3 is 0 Å². The molecule has 0 atom stereocenters.